The van der Waals surface area contributed by atoms with Crippen LogP contribution in [0.4, 0.5) is 11.4 Å². The summed E-state index contributed by atoms with van der Waals surface area (Å²) in [6, 6.07) is 18.2. The van der Waals surface area contributed by atoms with Crippen molar-refractivity contribution in [3.8, 4) is 5.75 Å². The van der Waals surface area contributed by atoms with Gasteiger partial charge in [-0.25, -0.2) is 4.98 Å². The number of amides is 2. The minimum atomic E-state index is -0.255. The maximum Gasteiger partial charge on any atom is 0.262 e. The van der Waals surface area contributed by atoms with Crippen LogP contribution in [0.2, 0.25) is 0 Å². The zero-order valence-corrected chi connectivity index (χ0v) is 16.6. The lowest BCUT2D eigenvalue weighted by atomic mass is 10.2. The highest BCUT2D eigenvalue weighted by Gasteiger charge is 2.27. The van der Waals surface area contributed by atoms with Gasteiger partial charge in [-0.3, -0.25) is 9.59 Å². The first-order valence-corrected chi connectivity index (χ1v) is 10.0. The molecule has 3 aromatic rings. The summed E-state index contributed by atoms with van der Waals surface area (Å²) in [5.41, 5.74) is 2.03. The van der Waals surface area contributed by atoms with Crippen LogP contribution >= 0.6 is 11.8 Å². The third kappa shape index (κ3) is 4.09. The SMILES string of the molecule is CCN1C(=O)c2cccnc2Sc2cc(NC(=O)COc3ccccc3)ccc21. The van der Waals surface area contributed by atoms with E-state index in [0.717, 1.165) is 10.6 Å². The Labute approximate surface area is 172 Å². The largest absolute Gasteiger partial charge is 0.484 e. The lowest BCUT2D eigenvalue weighted by Gasteiger charge is -2.21. The van der Waals surface area contributed by atoms with Crippen molar-refractivity contribution in [2.45, 2.75) is 16.8 Å². The molecule has 0 atom stereocenters. The van der Waals surface area contributed by atoms with E-state index in [1.165, 1.54) is 11.8 Å². The standard InChI is InChI=1S/C22H19N3O3S/c1-2-25-18-11-10-15(24-20(26)14-28-16-7-4-3-5-8-16)13-19(18)29-21-17(22(25)27)9-6-12-23-21/h3-13H,2,14H2,1H3,(H,24,26). The molecule has 0 aliphatic carbocycles. The molecule has 2 heterocycles. The average molecular weight is 405 g/mol. The molecule has 2 amide bonds. The van der Waals surface area contributed by atoms with Gasteiger partial charge in [0.25, 0.3) is 11.8 Å². The molecule has 1 N–H and O–H groups in total. The summed E-state index contributed by atoms with van der Waals surface area (Å²) >= 11 is 1.42. The van der Waals surface area contributed by atoms with Gasteiger partial charge in [0.1, 0.15) is 10.8 Å². The van der Waals surface area contributed by atoms with Gasteiger partial charge in [-0.15, -0.1) is 0 Å². The molecule has 0 radical (unpaired) electrons. The van der Waals surface area contributed by atoms with Gasteiger partial charge in [0.15, 0.2) is 6.61 Å². The van der Waals surface area contributed by atoms with Crippen LogP contribution in [0.15, 0.2) is 76.8 Å². The fourth-order valence-corrected chi connectivity index (χ4v) is 4.12. The van der Waals surface area contributed by atoms with Crippen LogP contribution < -0.4 is 15.0 Å². The predicted molar refractivity (Wildman–Crippen MR) is 113 cm³/mol. The van der Waals surface area contributed by atoms with Gasteiger partial charge >= 0.3 is 0 Å². The van der Waals surface area contributed by atoms with Crippen LogP contribution in [0.3, 0.4) is 0 Å². The van der Waals surface area contributed by atoms with Gasteiger partial charge in [0, 0.05) is 23.3 Å². The first kappa shape index (κ1) is 19.0. The van der Waals surface area contributed by atoms with Crippen molar-refractivity contribution in [3.05, 3.63) is 72.4 Å². The summed E-state index contributed by atoms with van der Waals surface area (Å²) in [5, 5.41) is 3.51. The van der Waals surface area contributed by atoms with Crippen molar-refractivity contribution < 1.29 is 14.3 Å². The minimum absolute atomic E-state index is 0.0742. The predicted octanol–water partition coefficient (Wildman–Crippen LogP) is 4.23. The normalized spacial score (nSPS) is 12.6. The van der Waals surface area contributed by atoms with Gasteiger partial charge in [0.05, 0.1) is 11.3 Å². The lowest BCUT2D eigenvalue weighted by molar-refractivity contribution is -0.118. The molecule has 4 rings (SSSR count). The molecule has 1 aliphatic heterocycles. The average Bonchev–Trinajstić information content (AvgIpc) is 2.86. The first-order valence-electron chi connectivity index (χ1n) is 9.22. The van der Waals surface area contributed by atoms with Gasteiger partial charge in [-0.2, -0.15) is 0 Å². The van der Waals surface area contributed by atoms with Crippen LogP contribution in [0.25, 0.3) is 0 Å². The quantitative estimate of drug-likeness (QED) is 0.688. The Morgan fingerprint density at radius 2 is 1.97 bits per heavy atom. The van der Waals surface area contributed by atoms with Gasteiger partial charge in [-0.05, 0) is 49.4 Å². The fourth-order valence-electron chi connectivity index (χ4n) is 3.07. The molecule has 1 aromatic heterocycles. The van der Waals surface area contributed by atoms with Gasteiger partial charge < -0.3 is 15.0 Å². The van der Waals surface area contributed by atoms with Crippen molar-refractivity contribution in [3.63, 3.8) is 0 Å². The monoisotopic (exact) mass is 405 g/mol. The third-order valence-corrected chi connectivity index (χ3v) is 5.48. The molecule has 146 valence electrons. The first-order chi connectivity index (χ1) is 14.2. The molecule has 1 aliphatic rings. The number of hydrogen-bond donors (Lipinski definition) is 1. The highest BCUT2D eigenvalue weighted by Crippen LogP contribution is 2.41. The highest BCUT2D eigenvalue weighted by atomic mass is 32.2. The Balaban J connectivity index is 1.54. The Morgan fingerprint density at radius 1 is 1.14 bits per heavy atom. The summed E-state index contributed by atoms with van der Waals surface area (Å²) in [5.74, 6) is 0.309. The molecule has 0 spiro atoms. The number of hydrogen-bond acceptors (Lipinski definition) is 5. The zero-order chi connectivity index (χ0) is 20.2. The summed E-state index contributed by atoms with van der Waals surface area (Å²) in [6.45, 7) is 2.39. The number of fused-ring (bicyclic) bond motifs is 2. The van der Waals surface area contributed by atoms with Crippen LogP contribution in [0.1, 0.15) is 17.3 Å². The number of ether oxygens (including phenoxy) is 1. The number of aromatic nitrogens is 1. The van der Waals surface area contributed by atoms with Crippen LogP contribution in [0.5, 0.6) is 5.75 Å². The second-order valence-electron chi connectivity index (χ2n) is 6.34. The number of anilines is 2. The highest BCUT2D eigenvalue weighted by molar-refractivity contribution is 7.99. The Bertz CT molecular complexity index is 1060. The van der Waals surface area contributed by atoms with Crippen molar-refractivity contribution in [1.29, 1.82) is 0 Å². The van der Waals surface area contributed by atoms with E-state index in [-0.39, 0.29) is 18.4 Å². The molecule has 29 heavy (non-hydrogen) atoms. The minimum Gasteiger partial charge on any atom is -0.484 e. The lowest BCUT2D eigenvalue weighted by Crippen LogP contribution is -2.30. The summed E-state index contributed by atoms with van der Waals surface area (Å²) in [6.07, 6.45) is 1.67. The van der Waals surface area contributed by atoms with Crippen LogP contribution in [-0.2, 0) is 4.79 Å². The second kappa shape index (κ2) is 8.36. The summed E-state index contributed by atoms with van der Waals surface area (Å²) < 4.78 is 5.49. The molecule has 6 nitrogen and oxygen atoms in total. The molecule has 0 unspecified atom stereocenters. The summed E-state index contributed by atoms with van der Waals surface area (Å²) in [7, 11) is 0. The number of rotatable bonds is 5. The van der Waals surface area contributed by atoms with E-state index in [2.05, 4.69) is 10.3 Å². The molecule has 0 bridgehead atoms. The zero-order valence-electron chi connectivity index (χ0n) is 15.8. The molecule has 2 aromatic carbocycles. The number of para-hydroxylation sites is 1. The topological polar surface area (TPSA) is 71.5 Å². The van der Waals surface area contributed by atoms with E-state index in [0.29, 0.717) is 28.6 Å². The summed E-state index contributed by atoms with van der Waals surface area (Å²) in [4.78, 5) is 32.1. The van der Waals surface area contributed by atoms with E-state index in [1.54, 1.807) is 41.4 Å². The maximum absolute atomic E-state index is 12.9. The number of carbonyl (C=O) groups is 2. The van der Waals surface area contributed by atoms with E-state index in [4.69, 9.17) is 4.74 Å². The molecule has 0 fully saturated rings. The number of benzene rings is 2. The van der Waals surface area contributed by atoms with E-state index < -0.39 is 0 Å². The molecule has 7 heteroatoms. The number of nitrogens with one attached hydrogen (secondary N) is 1. The Kier molecular flexibility index (Phi) is 5.48. The van der Waals surface area contributed by atoms with Crippen molar-refractivity contribution in [2.75, 3.05) is 23.4 Å². The third-order valence-electron chi connectivity index (χ3n) is 4.42. The van der Waals surface area contributed by atoms with Crippen LogP contribution in [-0.4, -0.2) is 29.9 Å². The second-order valence-corrected chi connectivity index (χ2v) is 7.37. The molecule has 0 saturated carbocycles. The smallest absolute Gasteiger partial charge is 0.262 e. The van der Waals surface area contributed by atoms with Crippen molar-refractivity contribution in [2.24, 2.45) is 0 Å². The van der Waals surface area contributed by atoms with E-state index >= 15 is 0 Å². The van der Waals surface area contributed by atoms with Gasteiger partial charge in [0.2, 0.25) is 0 Å². The molecule has 0 saturated heterocycles. The number of pyridine rings is 1. The van der Waals surface area contributed by atoms with E-state index in [9.17, 15) is 9.59 Å². The van der Waals surface area contributed by atoms with E-state index in [1.807, 2.05) is 37.3 Å². The number of nitrogens with zero attached hydrogens (tertiary/aromatic N) is 2. The number of carbonyl (C=O) groups excluding carboxylic acids is 2. The Morgan fingerprint density at radius 3 is 2.76 bits per heavy atom. The Hall–Kier alpha value is -3.32. The van der Waals surface area contributed by atoms with Crippen molar-refractivity contribution >= 4 is 35.0 Å². The fraction of sp³-hybridized carbons (Fsp3) is 0.136. The van der Waals surface area contributed by atoms with Crippen molar-refractivity contribution in [1.82, 2.24) is 4.98 Å². The van der Waals surface area contributed by atoms with Gasteiger partial charge in [-0.1, -0.05) is 30.0 Å². The maximum atomic E-state index is 12.9. The van der Waals surface area contributed by atoms with Crippen LogP contribution in [0, 0.1) is 0 Å². The molecular formula is C22H19N3O3S. The molecular weight excluding hydrogens is 386 g/mol.